The van der Waals surface area contributed by atoms with Crippen molar-refractivity contribution in [2.45, 2.75) is 26.3 Å². The van der Waals surface area contributed by atoms with E-state index >= 15 is 0 Å². The predicted octanol–water partition coefficient (Wildman–Crippen LogP) is 4.79. The third-order valence-electron chi connectivity index (χ3n) is 3.21. The van der Waals surface area contributed by atoms with E-state index in [0.29, 0.717) is 10.0 Å². The highest BCUT2D eigenvalue weighted by molar-refractivity contribution is 6.34. The predicted molar refractivity (Wildman–Crippen MR) is 85.6 cm³/mol. The summed E-state index contributed by atoms with van der Waals surface area (Å²) in [6.07, 6.45) is 2.69. The summed E-state index contributed by atoms with van der Waals surface area (Å²) in [6, 6.07) is 10.00. The van der Waals surface area contributed by atoms with E-state index in [0.717, 1.165) is 18.7 Å². The molecule has 106 valence electrons. The summed E-state index contributed by atoms with van der Waals surface area (Å²) < 4.78 is 0. The van der Waals surface area contributed by atoms with Gasteiger partial charge >= 0.3 is 0 Å². The van der Waals surface area contributed by atoms with E-state index in [-0.39, 0.29) is 6.04 Å². The Kier molecular flexibility index (Phi) is 5.41. The smallest absolute Gasteiger partial charge is 0.0805 e. The molecule has 0 saturated heterocycles. The minimum atomic E-state index is -0.0130. The molecular formula is C16H18Cl2N2. The van der Waals surface area contributed by atoms with Crippen molar-refractivity contribution >= 4 is 23.2 Å². The summed E-state index contributed by atoms with van der Waals surface area (Å²) >= 11 is 12.3. The summed E-state index contributed by atoms with van der Waals surface area (Å²) in [4.78, 5) is 4.42. The summed E-state index contributed by atoms with van der Waals surface area (Å²) in [6.45, 7) is 5.14. The SMILES string of the molecule is CCCNC(c1ccccc1C)c1ncc(Cl)cc1Cl. The fourth-order valence-electron chi connectivity index (χ4n) is 2.19. The summed E-state index contributed by atoms with van der Waals surface area (Å²) in [5.74, 6) is 0. The third-order valence-corrected chi connectivity index (χ3v) is 3.72. The molecule has 0 radical (unpaired) electrons. The lowest BCUT2D eigenvalue weighted by molar-refractivity contribution is 0.584. The van der Waals surface area contributed by atoms with Crippen LogP contribution in [0.15, 0.2) is 36.5 Å². The molecule has 2 nitrogen and oxygen atoms in total. The first-order valence-electron chi connectivity index (χ1n) is 6.73. The second kappa shape index (κ2) is 7.07. The Morgan fingerprint density at radius 2 is 2.00 bits per heavy atom. The van der Waals surface area contributed by atoms with Crippen LogP contribution >= 0.6 is 23.2 Å². The monoisotopic (exact) mass is 308 g/mol. The second-order valence-corrected chi connectivity index (χ2v) is 5.61. The molecule has 20 heavy (non-hydrogen) atoms. The number of rotatable bonds is 5. The van der Waals surface area contributed by atoms with Gasteiger partial charge in [0.05, 0.1) is 21.8 Å². The zero-order valence-electron chi connectivity index (χ0n) is 11.7. The van der Waals surface area contributed by atoms with Gasteiger partial charge in [-0.25, -0.2) is 0 Å². The molecule has 0 saturated carbocycles. The highest BCUT2D eigenvalue weighted by Gasteiger charge is 2.19. The van der Waals surface area contributed by atoms with Gasteiger partial charge in [0.2, 0.25) is 0 Å². The maximum Gasteiger partial charge on any atom is 0.0805 e. The second-order valence-electron chi connectivity index (χ2n) is 4.76. The molecule has 0 aliphatic rings. The molecule has 0 aliphatic carbocycles. The summed E-state index contributed by atoms with van der Waals surface area (Å²) in [5.41, 5.74) is 3.23. The molecule has 0 fully saturated rings. The van der Waals surface area contributed by atoms with Gasteiger partial charge in [-0.15, -0.1) is 0 Å². The van der Waals surface area contributed by atoms with Gasteiger partial charge in [0, 0.05) is 6.20 Å². The van der Waals surface area contributed by atoms with Crippen molar-refractivity contribution in [2.24, 2.45) is 0 Å². The van der Waals surface area contributed by atoms with Crippen molar-refractivity contribution in [3.8, 4) is 0 Å². The number of halogens is 2. The minimum Gasteiger partial charge on any atom is -0.305 e. The number of nitrogens with one attached hydrogen (secondary N) is 1. The van der Waals surface area contributed by atoms with Crippen LogP contribution in [0.5, 0.6) is 0 Å². The average Bonchev–Trinajstić information content (AvgIpc) is 2.42. The molecule has 0 bridgehead atoms. The van der Waals surface area contributed by atoms with Crippen LogP contribution in [-0.2, 0) is 0 Å². The number of aryl methyl sites for hydroxylation is 1. The van der Waals surface area contributed by atoms with Gasteiger partial charge in [0.1, 0.15) is 0 Å². The van der Waals surface area contributed by atoms with Crippen molar-refractivity contribution in [2.75, 3.05) is 6.54 Å². The molecule has 1 N–H and O–H groups in total. The number of nitrogens with zero attached hydrogens (tertiary/aromatic N) is 1. The molecule has 0 aliphatic heterocycles. The van der Waals surface area contributed by atoms with E-state index in [2.05, 4.69) is 36.3 Å². The Balaban J connectivity index is 2.44. The third kappa shape index (κ3) is 3.51. The van der Waals surface area contributed by atoms with E-state index in [1.54, 1.807) is 12.3 Å². The van der Waals surface area contributed by atoms with Gasteiger partial charge in [-0.05, 0) is 37.1 Å². The molecule has 2 aromatic rings. The van der Waals surface area contributed by atoms with Crippen LogP contribution in [0.25, 0.3) is 0 Å². The molecule has 4 heteroatoms. The molecule has 1 heterocycles. The van der Waals surface area contributed by atoms with Crippen LogP contribution in [0.1, 0.15) is 36.2 Å². The molecular weight excluding hydrogens is 291 g/mol. The van der Waals surface area contributed by atoms with Crippen LogP contribution in [0.4, 0.5) is 0 Å². The van der Waals surface area contributed by atoms with E-state index in [1.165, 1.54) is 11.1 Å². The van der Waals surface area contributed by atoms with Crippen LogP contribution in [0.3, 0.4) is 0 Å². The first kappa shape index (κ1) is 15.3. The largest absolute Gasteiger partial charge is 0.305 e. The van der Waals surface area contributed by atoms with Crippen LogP contribution in [0.2, 0.25) is 10.0 Å². The van der Waals surface area contributed by atoms with Gasteiger partial charge < -0.3 is 5.32 Å². The average molecular weight is 309 g/mol. The maximum atomic E-state index is 6.32. The van der Waals surface area contributed by atoms with E-state index < -0.39 is 0 Å². The van der Waals surface area contributed by atoms with Crippen molar-refractivity contribution in [3.05, 3.63) is 63.4 Å². The fourth-order valence-corrected chi connectivity index (χ4v) is 2.68. The van der Waals surface area contributed by atoms with Crippen molar-refractivity contribution in [1.29, 1.82) is 0 Å². The first-order chi connectivity index (χ1) is 9.63. The first-order valence-corrected chi connectivity index (χ1v) is 7.49. The van der Waals surface area contributed by atoms with Gasteiger partial charge in [-0.2, -0.15) is 0 Å². The highest BCUT2D eigenvalue weighted by atomic mass is 35.5. The molecule has 0 amide bonds. The highest BCUT2D eigenvalue weighted by Crippen LogP contribution is 2.30. The Morgan fingerprint density at radius 3 is 2.65 bits per heavy atom. The maximum absolute atomic E-state index is 6.32. The zero-order chi connectivity index (χ0) is 14.5. The minimum absolute atomic E-state index is 0.0130. The van der Waals surface area contributed by atoms with Crippen LogP contribution in [-0.4, -0.2) is 11.5 Å². The Bertz CT molecular complexity index is 584. The molecule has 1 unspecified atom stereocenters. The molecule has 1 aromatic carbocycles. The fraction of sp³-hybridized carbons (Fsp3) is 0.312. The Hall–Kier alpha value is -1.09. The zero-order valence-corrected chi connectivity index (χ0v) is 13.2. The van der Waals surface area contributed by atoms with Crippen molar-refractivity contribution in [1.82, 2.24) is 10.3 Å². The lowest BCUT2D eigenvalue weighted by Gasteiger charge is -2.21. The normalized spacial score (nSPS) is 12.4. The molecule has 2 rings (SSSR count). The number of pyridine rings is 1. The lowest BCUT2D eigenvalue weighted by atomic mass is 9.98. The quantitative estimate of drug-likeness (QED) is 0.859. The van der Waals surface area contributed by atoms with Gasteiger partial charge in [0.25, 0.3) is 0 Å². The van der Waals surface area contributed by atoms with E-state index in [4.69, 9.17) is 23.2 Å². The topological polar surface area (TPSA) is 24.9 Å². The number of hydrogen-bond acceptors (Lipinski definition) is 2. The van der Waals surface area contributed by atoms with Gasteiger partial charge in [-0.3, -0.25) is 4.98 Å². The molecule has 1 atom stereocenters. The molecule has 0 spiro atoms. The van der Waals surface area contributed by atoms with E-state index in [9.17, 15) is 0 Å². The number of benzene rings is 1. The van der Waals surface area contributed by atoms with Crippen LogP contribution in [0, 0.1) is 6.92 Å². The Labute approximate surface area is 130 Å². The van der Waals surface area contributed by atoms with Gasteiger partial charge in [-0.1, -0.05) is 54.4 Å². The van der Waals surface area contributed by atoms with Crippen LogP contribution < -0.4 is 5.32 Å². The van der Waals surface area contributed by atoms with Crippen molar-refractivity contribution < 1.29 is 0 Å². The Morgan fingerprint density at radius 1 is 1.25 bits per heavy atom. The number of hydrogen-bond donors (Lipinski definition) is 1. The van der Waals surface area contributed by atoms with Crippen molar-refractivity contribution in [3.63, 3.8) is 0 Å². The molecule has 1 aromatic heterocycles. The van der Waals surface area contributed by atoms with E-state index in [1.807, 2.05) is 12.1 Å². The summed E-state index contributed by atoms with van der Waals surface area (Å²) in [5, 5.41) is 4.66. The lowest BCUT2D eigenvalue weighted by Crippen LogP contribution is -2.25. The number of aromatic nitrogens is 1. The van der Waals surface area contributed by atoms with Gasteiger partial charge in [0.15, 0.2) is 0 Å². The summed E-state index contributed by atoms with van der Waals surface area (Å²) in [7, 11) is 0. The standard InChI is InChI=1S/C16H18Cl2N2/c1-3-8-19-15(13-7-5-4-6-11(13)2)16-14(18)9-12(17)10-20-16/h4-7,9-10,15,19H,3,8H2,1-2H3.